The Kier molecular flexibility index (Phi) is 2.72. The second-order valence-corrected chi connectivity index (χ2v) is 4.84. The quantitative estimate of drug-likeness (QED) is 0.692. The number of rotatable bonds is 1. The van der Waals surface area contributed by atoms with Crippen molar-refractivity contribution in [1.82, 2.24) is 9.78 Å². The van der Waals surface area contributed by atoms with E-state index in [1.807, 2.05) is 48.5 Å². The van der Waals surface area contributed by atoms with Crippen LogP contribution in [0.4, 0.5) is 0 Å². The van der Waals surface area contributed by atoms with Crippen molar-refractivity contribution in [2.75, 3.05) is 0 Å². The maximum absolute atomic E-state index is 12.4. The molecule has 0 aliphatic heterocycles. The van der Waals surface area contributed by atoms with Crippen molar-refractivity contribution in [3.8, 4) is 5.69 Å². The largest absolute Gasteiger partial charge is 0.279 e. The molecule has 3 rings (SSSR count). The Morgan fingerprint density at radius 1 is 1.06 bits per heavy atom. The van der Waals surface area contributed by atoms with Crippen molar-refractivity contribution in [3.63, 3.8) is 0 Å². The monoisotopic (exact) mass is 300 g/mol. The van der Waals surface area contributed by atoms with Crippen LogP contribution in [0, 0.1) is 0 Å². The van der Waals surface area contributed by atoms with Gasteiger partial charge in [-0.2, -0.15) is 9.78 Å². The fraction of sp³-hybridized carbons (Fsp3) is 0. The van der Waals surface area contributed by atoms with Crippen molar-refractivity contribution in [2.45, 2.75) is 0 Å². The van der Waals surface area contributed by atoms with Gasteiger partial charge < -0.3 is 0 Å². The Balaban J connectivity index is 2.33. The molecule has 0 aliphatic rings. The first-order chi connectivity index (χ1) is 8.75. The molecule has 0 saturated heterocycles. The van der Waals surface area contributed by atoms with E-state index in [-0.39, 0.29) is 5.56 Å². The molecule has 2 aromatic carbocycles. The highest BCUT2D eigenvalue weighted by atomic mass is 79.9. The molecular weight excluding hydrogens is 292 g/mol. The van der Waals surface area contributed by atoms with Crippen LogP contribution in [0.25, 0.3) is 16.5 Å². The second kappa shape index (κ2) is 4.38. The highest BCUT2D eigenvalue weighted by molar-refractivity contribution is 9.10. The minimum absolute atomic E-state index is 0.111. The summed E-state index contributed by atoms with van der Waals surface area (Å²) in [6.07, 6.45) is 1.70. The van der Waals surface area contributed by atoms with E-state index in [1.54, 1.807) is 6.20 Å². The van der Waals surface area contributed by atoms with E-state index in [0.717, 1.165) is 15.5 Å². The van der Waals surface area contributed by atoms with Crippen LogP contribution < -0.4 is 5.56 Å². The van der Waals surface area contributed by atoms with Gasteiger partial charge in [0.05, 0.1) is 17.3 Å². The summed E-state index contributed by atoms with van der Waals surface area (Å²) in [4.78, 5) is 12.4. The van der Waals surface area contributed by atoms with Crippen molar-refractivity contribution in [2.24, 2.45) is 0 Å². The number of para-hydroxylation sites is 1. The molecule has 0 saturated carbocycles. The van der Waals surface area contributed by atoms with Gasteiger partial charge in [-0.3, -0.25) is 4.79 Å². The average Bonchev–Trinajstić information content (AvgIpc) is 2.41. The van der Waals surface area contributed by atoms with Crippen LogP contribution in [-0.4, -0.2) is 9.78 Å². The molecule has 0 atom stereocenters. The number of fused-ring (bicyclic) bond motifs is 1. The third-order valence-corrected chi connectivity index (χ3v) is 3.24. The fourth-order valence-corrected chi connectivity index (χ4v) is 2.23. The molecule has 0 spiro atoms. The van der Waals surface area contributed by atoms with E-state index >= 15 is 0 Å². The highest BCUT2D eigenvalue weighted by Crippen LogP contribution is 2.16. The number of nitrogens with zero attached hydrogens (tertiary/aromatic N) is 2. The van der Waals surface area contributed by atoms with Crippen LogP contribution >= 0.6 is 15.9 Å². The van der Waals surface area contributed by atoms with E-state index in [1.165, 1.54) is 4.68 Å². The van der Waals surface area contributed by atoms with Crippen LogP contribution in [0.15, 0.2) is 64.0 Å². The maximum Gasteiger partial charge on any atom is 0.279 e. The van der Waals surface area contributed by atoms with Crippen molar-refractivity contribution in [1.29, 1.82) is 0 Å². The molecule has 1 heterocycles. The summed E-state index contributed by atoms with van der Waals surface area (Å²) in [7, 11) is 0. The van der Waals surface area contributed by atoms with Gasteiger partial charge in [0.2, 0.25) is 0 Å². The average molecular weight is 301 g/mol. The normalized spacial score (nSPS) is 10.7. The predicted octanol–water partition coefficient (Wildman–Crippen LogP) is 3.15. The van der Waals surface area contributed by atoms with Crippen LogP contribution in [0.1, 0.15) is 0 Å². The zero-order valence-electron chi connectivity index (χ0n) is 9.38. The molecule has 1 aromatic heterocycles. The molecule has 4 heteroatoms. The molecule has 0 amide bonds. The molecule has 3 aromatic rings. The van der Waals surface area contributed by atoms with Crippen molar-refractivity contribution >= 4 is 26.7 Å². The summed E-state index contributed by atoms with van der Waals surface area (Å²) in [5.41, 5.74) is 0.657. The Hall–Kier alpha value is -1.94. The minimum atomic E-state index is -0.111. The highest BCUT2D eigenvalue weighted by Gasteiger charge is 2.05. The summed E-state index contributed by atoms with van der Waals surface area (Å²) in [5.74, 6) is 0. The lowest BCUT2D eigenvalue weighted by atomic mass is 10.2. The lowest BCUT2D eigenvalue weighted by Gasteiger charge is -2.05. The number of aromatic nitrogens is 2. The van der Waals surface area contributed by atoms with Gasteiger partial charge in [-0.25, -0.2) is 0 Å². The summed E-state index contributed by atoms with van der Waals surface area (Å²) >= 11 is 3.38. The first-order valence-electron chi connectivity index (χ1n) is 5.49. The van der Waals surface area contributed by atoms with Gasteiger partial charge in [-0.15, -0.1) is 0 Å². The molecule has 18 heavy (non-hydrogen) atoms. The molecule has 0 N–H and O–H groups in total. The topological polar surface area (TPSA) is 34.9 Å². The molecule has 0 aliphatic carbocycles. The Morgan fingerprint density at radius 2 is 1.83 bits per heavy atom. The van der Waals surface area contributed by atoms with Crippen LogP contribution in [-0.2, 0) is 0 Å². The van der Waals surface area contributed by atoms with Gasteiger partial charge in [-0.1, -0.05) is 40.2 Å². The zero-order chi connectivity index (χ0) is 12.5. The Morgan fingerprint density at radius 3 is 2.61 bits per heavy atom. The summed E-state index contributed by atoms with van der Waals surface area (Å²) in [5, 5.41) is 5.69. The van der Waals surface area contributed by atoms with Gasteiger partial charge in [0.1, 0.15) is 0 Å². The summed E-state index contributed by atoms with van der Waals surface area (Å²) < 4.78 is 2.30. The van der Waals surface area contributed by atoms with E-state index in [2.05, 4.69) is 21.0 Å². The third-order valence-electron chi connectivity index (χ3n) is 2.75. The summed E-state index contributed by atoms with van der Waals surface area (Å²) in [6.45, 7) is 0. The number of hydrogen-bond acceptors (Lipinski definition) is 2. The minimum Gasteiger partial charge on any atom is -0.267 e. The van der Waals surface area contributed by atoms with Crippen molar-refractivity contribution < 1.29 is 0 Å². The maximum atomic E-state index is 12.4. The fourth-order valence-electron chi connectivity index (χ4n) is 1.87. The van der Waals surface area contributed by atoms with Gasteiger partial charge >= 0.3 is 0 Å². The second-order valence-electron chi connectivity index (χ2n) is 3.93. The van der Waals surface area contributed by atoms with Crippen LogP contribution in [0.3, 0.4) is 0 Å². The predicted molar refractivity (Wildman–Crippen MR) is 75.0 cm³/mol. The third kappa shape index (κ3) is 1.84. The standard InChI is InChI=1S/C14H9BrN2O/c15-11-7-6-10-9-16-17(14(18)13(10)8-11)12-4-2-1-3-5-12/h1-9H. The molecule has 0 unspecified atom stereocenters. The van der Waals surface area contributed by atoms with Gasteiger partial charge in [0.15, 0.2) is 0 Å². The molecule has 0 radical (unpaired) electrons. The lowest BCUT2D eigenvalue weighted by Crippen LogP contribution is -2.20. The van der Waals surface area contributed by atoms with E-state index in [4.69, 9.17) is 0 Å². The molecule has 88 valence electrons. The first kappa shape index (κ1) is 11.2. The SMILES string of the molecule is O=c1c2cc(Br)ccc2cnn1-c1ccccc1. The molecule has 0 fully saturated rings. The zero-order valence-corrected chi connectivity index (χ0v) is 11.0. The first-order valence-corrected chi connectivity index (χ1v) is 6.28. The van der Waals surface area contributed by atoms with Gasteiger partial charge in [0, 0.05) is 9.86 Å². The number of benzene rings is 2. The van der Waals surface area contributed by atoms with E-state index < -0.39 is 0 Å². The van der Waals surface area contributed by atoms with Gasteiger partial charge in [-0.05, 0) is 24.3 Å². The Bertz CT molecular complexity index is 766. The van der Waals surface area contributed by atoms with E-state index in [0.29, 0.717) is 5.39 Å². The lowest BCUT2D eigenvalue weighted by molar-refractivity contribution is 0.821. The van der Waals surface area contributed by atoms with E-state index in [9.17, 15) is 4.79 Å². The molecule has 3 nitrogen and oxygen atoms in total. The number of halogens is 1. The van der Waals surface area contributed by atoms with Crippen LogP contribution in [0.5, 0.6) is 0 Å². The number of hydrogen-bond donors (Lipinski definition) is 0. The van der Waals surface area contributed by atoms with Gasteiger partial charge in [0.25, 0.3) is 5.56 Å². The van der Waals surface area contributed by atoms with Crippen molar-refractivity contribution in [3.05, 3.63) is 69.6 Å². The molecule has 0 bridgehead atoms. The Labute approximate surface area is 112 Å². The molecular formula is C14H9BrN2O. The summed E-state index contributed by atoms with van der Waals surface area (Å²) in [6, 6.07) is 15.0. The van der Waals surface area contributed by atoms with Crippen LogP contribution in [0.2, 0.25) is 0 Å². The smallest absolute Gasteiger partial charge is 0.267 e.